The Morgan fingerprint density at radius 1 is 0.903 bits per heavy atom. The summed E-state index contributed by atoms with van der Waals surface area (Å²) in [5.41, 5.74) is 9.39. The molecule has 0 unspecified atom stereocenters. The first-order valence-electron chi connectivity index (χ1n) is 11.9. The van der Waals surface area contributed by atoms with Gasteiger partial charge in [0.1, 0.15) is 5.69 Å². The molecule has 4 nitrogen and oxygen atoms in total. The zero-order valence-electron chi connectivity index (χ0n) is 18.6. The van der Waals surface area contributed by atoms with E-state index in [0.29, 0.717) is 18.3 Å². The minimum atomic E-state index is -0.0578. The molecular weight excluding hydrogens is 382 g/mol. The van der Waals surface area contributed by atoms with E-state index in [1.807, 2.05) is 36.4 Å². The lowest BCUT2D eigenvalue weighted by atomic mass is 9.92. The highest BCUT2D eigenvalue weighted by atomic mass is 16.2. The van der Waals surface area contributed by atoms with Crippen LogP contribution in [0.4, 0.5) is 0 Å². The van der Waals surface area contributed by atoms with Gasteiger partial charge in [0.05, 0.1) is 0 Å². The molecule has 1 saturated carbocycles. The number of fused-ring (bicyclic) bond motifs is 1. The number of para-hydroxylation sites is 1. The van der Waals surface area contributed by atoms with E-state index in [2.05, 4.69) is 46.6 Å². The van der Waals surface area contributed by atoms with Crippen LogP contribution < -0.4 is 10.9 Å². The number of hydrogen-bond acceptors (Lipinski definition) is 2. The van der Waals surface area contributed by atoms with Crippen LogP contribution in [-0.4, -0.2) is 16.5 Å². The average Bonchev–Trinajstić information content (AvgIpc) is 3.16. The molecule has 1 fully saturated rings. The summed E-state index contributed by atoms with van der Waals surface area (Å²) in [4.78, 5) is 13.2. The predicted molar refractivity (Wildman–Crippen MR) is 128 cm³/mol. The fourth-order valence-corrected chi connectivity index (χ4v) is 4.77. The van der Waals surface area contributed by atoms with E-state index in [0.717, 1.165) is 29.7 Å². The highest BCUT2D eigenvalue weighted by molar-refractivity contribution is 5.98. The van der Waals surface area contributed by atoms with Crippen molar-refractivity contribution in [3.8, 4) is 0 Å². The van der Waals surface area contributed by atoms with Gasteiger partial charge in [0.15, 0.2) is 0 Å². The minimum absolute atomic E-state index is 0.0578. The number of nitrogens with zero attached hydrogens (tertiary/aromatic N) is 1. The molecule has 2 N–H and O–H groups in total. The highest BCUT2D eigenvalue weighted by Gasteiger charge is 2.18. The lowest BCUT2D eigenvalue weighted by Gasteiger charge is -2.22. The Morgan fingerprint density at radius 3 is 2.48 bits per heavy atom. The quantitative estimate of drug-likeness (QED) is 0.495. The third-order valence-corrected chi connectivity index (χ3v) is 6.62. The second-order valence-electron chi connectivity index (χ2n) is 9.13. The molecule has 164 valence electrons. The van der Waals surface area contributed by atoms with Crippen LogP contribution in [0, 0.1) is 5.92 Å². The van der Waals surface area contributed by atoms with E-state index >= 15 is 0 Å². The Kier molecular flexibility index (Phi) is 7.42. The highest BCUT2D eigenvalue weighted by Crippen LogP contribution is 2.23. The van der Waals surface area contributed by atoms with E-state index in [1.54, 1.807) is 0 Å². The van der Waals surface area contributed by atoms with Crippen molar-refractivity contribution >= 4 is 16.8 Å². The van der Waals surface area contributed by atoms with Crippen LogP contribution in [0.2, 0.25) is 0 Å². The van der Waals surface area contributed by atoms with Crippen molar-refractivity contribution in [2.45, 2.75) is 70.9 Å². The van der Waals surface area contributed by atoms with E-state index in [4.69, 9.17) is 0 Å². The monoisotopic (exact) mass is 417 g/mol. The van der Waals surface area contributed by atoms with Crippen molar-refractivity contribution in [1.82, 2.24) is 15.4 Å². The lowest BCUT2D eigenvalue weighted by molar-refractivity contribution is 0.0913. The van der Waals surface area contributed by atoms with Crippen molar-refractivity contribution in [3.63, 3.8) is 0 Å². The fourth-order valence-electron chi connectivity index (χ4n) is 4.77. The van der Waals surface area contributed by atoms with Gasteiger partial charge in [-0.25, -0.2) is 5.43 Å². The number of carbonyl (C=O) groups excluding carboxylic acids is 1. The Labute approximate surface area is 186 Å². The molecule has 0 bridgehead atoms. The smallest absolute Gasteiger partial charge is 0.282 e. The van der Waals surface area contributed by atoms with Gasteiger partial charge in [0.25, 0.3) is 5.91 Å². The fraction of sp³-hybridized carbons (Fsp3) is 0.444. The van der Waals surface area contributed by atoms with E-state index in [9.17, 15) is 4.79 Å². The number of benzene rings is 2. The molecule has 31 heavy (non-hydrogen) atoms. The van der Waals surface area contributed by atoms with Gasteiger partial charge < -0.3 is 4.57 Å². The molecule has 4 rings (SSSR count). The van der Waals surface area contributed by atoms with Crippen LogP contribution in [0.3, 0.4) is 0 Å². The molecule has 0 radical (unpaired) electrons. The lowest BCUT2D eigenvalue weighted by Crippen LogP contribution is -2.45. The largest absolute Gasteiger partial charge is 0.332 e. The number of hydrazine groups is 1. The van der Waals surface area contributed by atoms with Crippen LogP contribution in [0.15, 0.2) is 60.7 Å². The van der Waals surface area contributed by atoms with Gasteiger partial charge in [-0.1, -0.05) is 94.0 Å². The van der Waals surface area contributed by atoms with Gasteiger partial charge in [-0.3, -0.25) is 10.2 Å². The molecular formula is C27H35N3O. The van der Waals surface area contributed by atoms with Crippen molar-refractivity contribution in [2.24, 2.45) is 5.92 Å². The maximum atomic E-state index is 13.2. The number of nitrogens with one attached hydrogen (secondary N) is 2. The van der Waals surface area contributed by atoms with Crippen LogP contribution in [0.5, 0.6) is 0 Å². The third kappa shape index (κ3) is 5.76. The Bertz CT molecular complexity index is 979. The second-order valence-corrected chi connectivity index (χ2v) is 9.13. The van der Waals surface area contributed by atoms with Gasteiger partial charge in [-0.15, -0.1) is 0 Å². The number of rotatable bonds is 5. The first-order chi connectivity index (χ1) is 15.2. The molecule has 1 aromatic heterocycles. The second kappa shape index (κ2) is 10.6. The normalized spacial score (nSPS) is 20.4. The van der Waals surface area contributed by atoms with Crippen LogP contribution in [0.1, 0.15) is 74.3 Å². The Hall–Kier alpha value is -2.59. The first-order valence-corrected chi connectivity index (χ1v) is 11.9. The van der Waals surface area contributed by atoms with Crippen LogP contribution >= 0.6 is 0 Å². The summed E-state index contributed by atoms with van der Waals surface area (Å²) in [7, 11) is 0. The van der Waals surface area contributed by atoms with Crippen LogP contribution in [0.25, 0.3) is 10.9 Å². The van der Waals surface area contributed by atoms with Crippen LogP contribution in [-0.2, 0) is 6.54 Å². The molecule has 4 heteroatoms. The van der Waals surface area contributed by atoms with Crippen molar-refractivity contribution < 1.29 is 4.79 Å². The standard InChI is InChI=1S/C27H35N3O/c1-21-11-4-2-7-16-24(17-10-12-21)28-29-27(31)26-19-23-15-8-9-18-25(23)30(26)20-22-13-5-3-6-14-22/h3,5-6,8-9,13-15,18-19,21,24,28H,2,4,7,10-12,16-17,20H2,1H3,(H,29,31)/t21-,24-/m0/s1. The zero-order chi connectivity index (χ0) is 21.5. The molecule has 2 atom stereocenters. The van der Waals surface area contributed by atoms with Gasteiger partial charge in [-0.2, -0.15) is 0 Å². The molecule has 3 aromatic rings. The maximum absolute atomic E-state index is 13.2. The first kappa shape index (κ1) is 21.6. The Morgan fingerprint density at radius 2 is 1.61 bits per heavy atom. The zero-order valence-corrected chi connectivity index (χ0v) is 18.6. The van der Waals surface area contributed by atoms with E-state index in [-0.39, 0.29) is 5.91 Å². The molecule has 0 spiro atoms. The molecule has 0 aliphatic heterocycles. The molecule has 2 aromatic carbocycles. The molecule has 0 saturated heterocycles. The molecule has 1 aliphatic carbocycles. The SMILES string of the molecule is C[C@H]1CCCCC[C@H](NNC(=O)c2cc3ccccc3n2Cc2ccccc2)CCC1. The summed E-state index contributed by atoms with van der Waals surface area (Å²) >= 11 is 0. The van der Waals surface area contributed by atoms with Gasteiger partial charge in [-0.05, 0) is 36.5 Å². The summed E-state index contributed by atoms with van der Waals surface area (Å²) in [5.74, 6) is 0.764. The summed E-state index contributed by atoms with van der Waals surface area (Å²) in [5, 5.41) is 1.09. The number of amides is 1. The topological polar surface area (TPSA) is 46.1 Å². The number of aromatic nitrogens is 1. The third-order valence-electron chi connectivity index (χ3n) is 6.62. The van der Waals surface area contributed by atoms with Crippen molar-refractivity contribution in [2.75, 3.05) is 0 Å². The maximum Gasteiger partial charge on any atom is 0.282 e. The molecule has 1 amide bonds. The molecule has 1 aliphatic rings. The van der Waals surface area contributed by atoms with Gasteiger partial charge >= 0.3 is 0 Å². The predicted octanol–water partition coefficient (Wildman–Crippen LogP) is 6.06. The number of hydrogen-bond donors (Lipinski definition) is 2. The number of carbonyl (C=O) groups is 1. The van der Waals surface area contributed by atoms with Crippen molar-refractivity contribution in [1.29, 1.82) is 0 Å². The van der Waals surface area contributed by atoms with Gasteiger partial charge in [0, 0.05) is 23.5 Å². The summed E-state index contributed by atoms with van der Waals surface area (Å²) < 4.78 is 2.12. The minimum Gasteiger partial charge on any atom is -0.332 e. The average molecular weight is 418 g/mol. The Balaban J connectivity index is 1.47. The van der Waals surface area contributed by atoms with E-state index in [1.165, 1.54) is 44.1 Å². The summed E-state index contributed by atoms with van der Waals surface area (Å²) in [6, 6.07) is 20.9. The summed E-state index contributed by atoms with van der Waals surface area (Å²) in [6.07, 6.45) is 9.98. The van der Waals surface area contributed by atoms with Gasteiger partial charge in [0.2, 0.25) is 0 Å². The van der Waals surface area contributed by atoms with Crippen molar-refractivity contribution in [3.05, 3.63) is 71.9 Å². The molecule has 1 heterocycles. The summed E-state index contributed by atoms with van der Waals surface area (Å²) in [6.45, 7) is 3.05. The van der Waals surface area contributed by atoms with E-state index < -0.39 is 0 Å².